The van der Waals surface area contributed by atoms with E-state index in [1.165, 1.54) is 0 Å². The quantitative estimate of drug-likeness (QED) is 0.686. The van der Waals surface area contributed by atoms with Crippen LogP contribution in [-0.4, -0.2) is 79.0 Å². The molecule has 0 aliphatic carbocycles. The highest BCUT2D eigenvalue weighted by Gasteiger charge is 2.27. The second kappa shape index (κ2) is 10.9. The van der Waals surface area contributed by atoms with Crippen LogP contribution in [0.1, 0.15) is 56.8 Å². The van der Waals surface area contributed by atoms with Gasteiger partial charge in [-0.1, -0.05) is 0 Å². The first-order valence-electron chi connectivity index (χ1n) is 11.9. The molecule has 0 saturated carbocycles. The molecule has 186 valence electrons. The lowest BCUT2D eigenvalue weighted by Gasteiger charge is -2.35. The van der Waals surface area contributed by atoms with Gasteiger partial charge in [0.25, 0.3) is 5.91 Å². The Balaban J connectivity index is 1.46. The van der Waals surface area contributed by atoms with Crippen molar-refractivity contribution in [2.45, 2.75) is 52.1 Å². The van der Waals surface area contributed by atoms with Crippen LogP contribution in [0, 0.1) is 5.92 Å². The number of carbonyl (C=O) groups is 4. The Morgan fingerprint density at radius 3 is 2.44 bits per heavy atom. The Morgan fingerprint density at radius 2 is 1.82 bits per heavy atom. The van der Waals surface area contributed by atoms with Crippen LogP contribution in [0.5, 0.6) is 0 Å². The SMILES string of the molecule is CN(CC1CCCN(C(=O)CNC(=O)c2ccc(N3CCCC3=O)cc2)C1)C(=O)OC(C)(C)C. The van der Waals surface area contributed by atoms with Crippen LogP contribution in [0.25, 0.3) is 0 Å². The zero-order valence-corrected chi connectivity index (χ0v) is 20.6. The Kier molecular flexibility index (Phi) is 8.17. The first-order valence-corrected chi connectivity index (χ1v) is 11.9. The van der Waals surface area contributed by atoms with E-state index in [0.717, 1.165) is 24.9 Å². The third kappa shape index (κ3) is 6.95. The molecule has 0 spiro atoms. The predicted octanol–water partition coefficient (Wildman–Crippen LogP) is 2.65. The molecule has 9 nitrogen and oxygen atoms in total. The second-order valence-corrected chi connectivity index (χ2v) is 10.1. The van der Waals surface area contributed by atoms with Crippen molar-refractivity contribution < 1.29 is 23.9 Å². The van der Waals surface area contributed by atoms with E-state index in [-0.39, 0.29) is 36.3 Å². The summed E-state index contributed by atoms with van der Waals surface area (Å²) in [4.78, 5) is 54.3. The Morgan fingerprint density at radius 1 is 1.12 bits per heavy atom. The number of piperidine rings is 1. The number of ether oxygens (including phenoxy) is 1. The van der Waals surface area contributed by atoms with Crippen molar-refractivity contribution in [2.75, 3.05) is 44.7 Å². The van der Waals surface area contributed by atoms with Gasteiger partial charge in [0, 0.05) is 50.9 Å². The topological polar surface area (TPSA) is 99.3 Å². The summed E-state index contributed by atoms with van der Waals surface area (Å²) in [5, 5.41) is 2.70. The minimum atomic E-state index is -0.552. The normalized spacial score (nSPS) is 18.6. The van der Waals surface area contributed by atoms with E-state index in [4.69, 9.17) is 4.74 Å². The van der Waals surface area contributed by atoms with E-state index in [1.807, 2.05) is 20.8 Å². The van der Waals surface area contributed by atoms with Gasteiger partial charge in [0.15, 0.2) is 0 Å². The van der Waals surface area contributed by atoms with Crippen LogP contribution < -0.4 is 10.2 Å². The molecule has 0 aromatic heterocycles. The van der Waals surface area contributed by atoms with Gasteiger partial charge in [0.05, 0.1) is 6.54 Å². The number of carbonyl (C=O) groups excluding carboxylic acids is 4. The maximum atomic E-state index is 12.7. The maximum Gasteiger partial charge on any atom is 0.410 e. The number of nitrogens with zero attached hydrogens (tertiary/aromatic N) is 3. The van der Waals surface area contributed by atoms with Gasteiger partial charge in [0.1, 0.15) is 5.60 Å². The first kappa shape index (κ1) is 25.5. The molecule has 2 heterocycles. The van der Waals surface area contributed by atoms with Crippen LogP contribution in [0.4, 0.5) is 10.5 Å². The third-order valence-corrected chi connectivity index (χ3v) is 6.02. The highest BCUT2D eigenvalue weighted by molar-refractivity contribution is 5.98. The fourth-order valence-corrected chi connectivity index (χ4v) is 4.33. The van der Waals surface area contributed by atoms with Crippen LogP contribution in [0.2, 0.25) is 0 Å². The molecular weight excluding hydrogens is 436 g/mol. The zero-order chi connectivity index (χ0) is 24.9. The van der Waals surface area contributed by atoms with E-state index in [1.54, 1.807) is 46.0 Å². The van der Waals surface area contributed by atoms with E-state index >= 15 is 0 Å². The molecule has 1 N–H and O–H groups in total. The largest absolute Gasteiger partial charge is 0.444 e. The summed E-state index contributed by atoms with van der Waals surface area (Å²) < 4.78 is 5.40. The molecule has 3 rings (SSSR count). The first-order chi connectivity index (χ1) is 16.0. The summed E-state index contributed by atoms with van der Waals surface area (Å²) in [5.74, 6) is -0.213. The lowest BCUT2D eigenvalue weighted by atomic mass is 9.97. The van der Waals surface area contributed by atoms with Gasteiger partial charge in [-0.05, 0) is 70.2 Å². The van der Waals surface area contributed by atoms with Crippen molar-refractivity contribution in [2.24, 2.45) is 5.92 Å². The minimum absolute atomic E-state index is 0.0835. The van der Waals surface area contributed by atoms with Crippen molar-refractivity contribution in [1.29, 1.82) is 0 Å². The fraction of sp³-hybridized carbons (Fsp3) is 0.600. The van der Waals surface area contributed by atoms with E-state index in [2.05, 4.69) is 5.32 Å². The molecule has 1 atom stereocenters. The molecule has 2 aliphatic heterocycles. The number of rotatable bonds is 6. The third-order valence-electron chi connectivity index (χ3n) is 6.02. The van der Waals surface area contributed by atoms with Crippen molar-refractivity contribution in [3.8, 4) is 0 Å². The molecule has 1 unspecified atom stereocenters. The summed E-state index contributed by atoms with van der Waals surface area (Å²) in [6.07, 6.45) is 2.80. The summed E-state index contributed by atoms with van der Waals surface area (Å²) in [7, 11) is 1.71. The second-order valence-electron chi connectivity index (χ2n) is 10.1. The number of anilines is 1. The Hall–Kier alpha value is -3.10. The lowest BCUT2D eigenvalue weighted by molar-refractivity contribution is -0.132. The van der Waals surface area contributed by atoms with Gasteiger partial charge in [-0.25, -0.2) is 4.79 Å². The highest BCUT2D eigenvalue weighted by Crippen LogP contribution is 2.22. The standard InChI is InChI=1S/C25H36N4O5/c1-25(2,3)34-24(33)27(4)16-18-7-5-13-28(17-18)22(31)15-26-23(32)19-9-11-20(12-10-19)29-14-6-8-21(29)30/h9-12,18H,5-8,13-17H2,1-4H3,(H,26,32). The maximum absolute atomic E-state index is 12.7. The molecule has 1 aromatic carbocycles. The minimum Gasteiger partial charge on any atom is -0.444 e. The summed E-state index contributed by atoms with van der Waals surface area (Å²) in [5.41, 5.74) is 0.675. The van der Waals surface area contributed by atoms with Gasteiger partial charge in [-0.15, -0.1) is 0 Å². The number of hydrogen-bond acceptors (Lipinski definition) is 5. The van der Waals surface area contributed by atoms with Gasteiger partial charge in [-0.3, -0.25) is 14.4 Å². The van der Waals surface area contributed by atoms with Crippen molar-refractivity contribution in [1.82, 2.24) is 15.1 Å². The number of nitrogens with one attached hydrogen (secondary N) is 1. The molecule has 0 bridgehead atoms. The van der Waals surface area contributed by atoms with Crippen LogP contribution in [0.3, 0.4) is 0 Å². The highest BCUT2D eigenvalue weighted by atomic mass is 16.6. The molecule has 34 heavy (non-hydrogen) atoms. The number of benzene rings is 1. The monoisotopic (exact) mass is 472 g/mol. The van der Waals surface area contributed by atoms with E-state index < -0.39 is 5.60 Å². The Bertz CT molecular complexity index is 909. The summed E-state index contributed by atoms with van der Waals surface area (Å²) >= 11 is 0. The average molecular weight is 473 g/mol. The van der Waals surface area contributed by atoms with E-state index in [9.17, 15) is 19.2 Å². The molecule has 9 heteroatoms. The molecule has 1 aromatic rings. The van der Waals surface area contributed by atoms with Crippen LogP contribution >= 0.6 is 0 Å². The number of hydrogen-bond donors (Lipinski definition) is 1. The van der Waals surface area contributed by atoms with Gasteiger partial charge >= 0.3 is 6.09 Å². The molecule has 4 amide bonds. The average Bonchev–Trinajstić information content (AvgIpc) is 3.22. The molecule has 2 saturated heterocycles. The van der Waals surface area contributed by atoms with Gasteiger partial charge in [0.2, 0.25) is 11.8 Å². The zero-order valence-electron chi connectivity index (χ0n) is 20.6. The Labute approximate surface area is 201 Å². The van der Waals surface area contributed by atoms with E-state index in [0.29, 0.717) is 38.2 Å². The van der Waals surface area contributed by atoms with Crippen molar-refractivity contribution >= 4 is 29.5 Å². The summed E-state index contributed by atoms with van der Waals surface area (Å²) in [6.45, 7) is 7.80. The number of likely N-dealkylation sites (tertiary alicyclic amines) is 1. The van der Waals surface area contributed by atoms with Gasteiger partial charge in [-0.2, -0.15) is 0 Å². The lowest BCUT2D eigenvalue weighted by Crippen LogP contribution is -2.47. The fourth-order valence-electron chi connectivity index (χ4n) is 4.33. The molecule has 2 fully saturated rings. The van der Waals surface area contributed by atoms with Crippen LogP contribution in [0.15, 0.2) is 24.3 Å². The molecular formula is C25H36N4O5. The smallest absolute Gasteiger partial charge is 0.410 e. The van der Waals surface area contributed by atoms with Gasteiger partial charge < -0.3 is 24.8 Å². The molecule has 0 radical (unpaired) electrons. The molecule has 2 aliphatic rings. The summed E-state index contributed by atoms with van der Waals surface area (Å²) in [6, 6.07) is 6.86. The number of amides is 4. The van der Waals surface area contributed by atoms with Crippen molar-refractivity contribution in [3.05, 3.63) is 29.8 Å². The van der Waals surface area contributed by atoms with Crippen molar-refractivity contribution in [3.63, 3.8) is 0 Å². The van der Waals surface area contributed by atoms with Crippen LogP contribution in [-0.2, 0) is 14.3 Å². The predicted molar refractivity (Wildman–Crippen MR) is 129 cm³/mol.